The van der Waals surface area contributed by atoms with Gasteiger partial charge in [0.2, 0.25) is 6.79 Å². The number of ether oxygens (including phenoxy) is 3. The van der Waals surface area contributed by atoms with Gasteiger partial charge in [-0.15, -0.1) is 0 Å². The van der Waals surface area contributed by atoms with Gasteiger partial charge in [-0.3, -0.25) is 4.79 Å². The van der Waals surface area contributed by atoms with Gasteiger partial charge in [-0.1, -0.05) is 11.6 Å². The minimum Gasteiger partial charge on any atom is -0.484 e. The van der Waals surface area contributed by atoms with E-state index in [1.54, 1.807) is 36.4 Å². The SMILES string of the molecule is O=C(COc1ccc(Cl)cc1)N/N=C\c1ccc2c(c1)OCO2. The Morgan fingerprint density at radius 2 is 2.00 bits per heavy atom. The van der Waals surface area contributed by atoms with E-state index in [1.807, 2.05) is 6.07 Å². The number of benzene rings is 2. The van der Waals surface area contributed by atoms with Gasteiger partial charge in [-0.25, -0.2) is 5.43 Å². The van der Waals surface area contributed by atoms with Gasteiger partial charge in [0.15, 0.2) is 18.1 Å². The molecule has 0 bridgehead atoms. The molecule has 0 aliphatic carbocycles. The molecule has 1 amide bonds. The Balaban J connectivity index is 1.47. The van der Waals surface area contributed by atoms with E-state index in [0.29, 0.717) is 22.3 Å². The lowest BCUT2D eigenvalue weighted by Gasteiger charge is -2.04. The summed E-state index contributed by atoms with van der Waals surface area (Å²) in [6.45, 7) is 0.0782. The fraction of sp³-hybridized carbons (Fsp3) is 0.125. The van der Waals surface area contributed by atoms with Gasteiger partial charge in [0.1, 0.15) is 5.75 Å². The van der Waals surface area contributed by atoms with Crippen molar-refractivity contribution in [3.05, 3.63) is 53.1 Å². The minimum atomic E-state index is -0.364. The highest BCUT2D eigenvalue weighted by atomic mass is 35.5. The average Bonchev–Trinajstić information content (AvgIpc) is 3.02. The predicted octanol–water partition coefficient (Wildman–Crippen LogP) is 2.60. The van der Waals surface area contributed by atoms with Crippen LogP contribution in [0.15, 0.2) is 47.6 Å². The fourth-order valence-electron chi connectivity index (χ4n) is 1.88. The summed E-state index contributed by atoms with van der Waals surface area (Å²) in [5, 5.41) is 4.48. The molecule has 1 aliphatic heterocycles. The number of nitrogens with zero attached hydrogens (tertiary/aromatic N) is 1. The number of hydrazone groups is 1. The zero-order valence-electron chi connectivity index (χ0n) is 12.0. The number of fused-ring (bicyclic) bond motifs is 1. The van der Waals surface area contributed by atoms with Gasteiger partial charge in [0.25, 0.3) is 5.91 Å². The molecule has 2 aromatic rings. The molecule has 6 nitrogen and oxygen atoms in total. The van der Waals surface area contributed by atoms with Crippen molar-refractivity contribution in [3.8, 4) is 17.2 Å². The molecule has 0 spiro atoms. The first-order valence-electron chi connectivity index (χ1n) is 6.80. The molecule has 0 unspecified atom stereocenters. The standard InChI is InChI=1S/C16H13ClN2O4/c17-12-2-4-13(5-3-12)21-9-16(20)19-18-8-11-1-6-14-15(7-11)23-10-22-14/h1-8H,9-10H2,(H,19,20)/b18-8-. The Hall–Kier alpha value is -2.73. The number of nitrogens with one attached hydrogen (secondary N) is 1. The van der Waals surface area contributed by atoms with Crippen LogP contribution in [-0.2, 0) is 4.79 Å². The summed E-state index contributed by atoms with van der Waals surface area (Å²) in [7, 11) is 0. The van der Waals surface area contributed by atoms with Crippen LogP contribution in [0.2, 0.25) is 5.02 Å². The van der Waals surface area contributed by atoms with E-state index in [9.17, 15) is 4.79 Å². The topological polar surface area (TPSA) is 69.2 Å². The molecular formula is C16H13ClN2O4. The van der Waals surface area contributed by atoms with E-state index in [1.165, 1.54) is 6.21 Å². The summed E-state index contributed by atoms with van der Waals surface area (Å²) in [6.07, 6.45) is 1.52. The van der Waals surface area contributed by atoms with Crippen LogP contribution in [-0.4, -0.2) is 25.5 Å². The lowest BCUT2D eigenvalue weighted by molar-refractivity contribution is -0.123. The van der Waals surface area contributed by atoms with Gasteiger partial charge in [-0.2, -0.15) is 5.10 Å². The molecule has 0 saturated heterocycles. The summed E-state index contributed by atoms with van der Waals surface area (Å²) in [5.74, 6) is 1.55. The molecule has 3 rings (SSSR count). The molecule has 0 saturated carbocycles. The first-order chi connectivity index (χ1) is 11.2. The number of halogens is 1. The Morgan fingerprint density at radius 1 is 1.22 bits per heavy atom. The monoisotopic (exact) mass is 332 g/mol. The van der Waals surface area contributed by atoms with Crippen molar-refractivity contribution in [2.75, 3.05) is 13.4 Å². The summed E-state index contributed by atoms with van der Waals surface area (Å²) in [4.78, 5) is 11.6. The van der Waals surface area contributed by atoms with Gasteiger partial charge < -0.3 is 14.2 Å². The van der Waals surface area contributed by atoms with Gasteiger partial charge in [0.05, 0.1) is 6.21 Å². The van der Waals surface area contributed by atoms with Crippen molar-refractivity contribution in [1.82, 2.24) is 5.43 Å². The van der Waals surface area contributed by atoms with Crippen LogP contribution < -0.4 is 19.6 Å². The van der Waals surface area contributed by atoms with Crippen molar-refractivity contribution < 1.29 is 19.0 Å². The number of carbonyl (C=O) groups is 1. The molecule has 1 N–H and O–H groups in total. The Labute approximate surface area is 137 Å². The highest BCUT2D eigenvalue weighted by Gasteiger charge is 2.12. The molecule has 1 aliphatic rings. The maximum absolute atomic E-state index is 11.6. The van der Waals surface area contributed by atoms with E-state index in [-0.39, 0.29) is 19.3 Å². The molecule has 0 aromatic heterocycles. The first kappa shape index (κ1) is 15.2. The van der Waals surface area contributed by atoms with E-state index < -0.39 is 0 Å². The fourth-order valence-corrected chi connectivity index (χ4v) is 2.01. The third kappa shape index (κ3) is 4.14. The maximum atomic E-state index is 11.6. The molecule has 7 heteroatoms. The molecule has 1 heterocycles. The van der Waals surface area contributed by atoms with Gasteiger partial charge >= 0.3 is 0 Å². The quantitative estimate of drug-likeness (QED) is 0.675. The zero-order chi connectivity index (χ0) is 16.1. The summed E-state index contributed by atoms with van der Waals surface area (Å²) < 4.78 is 15.8. The number of amides is 1. The van der Waals surface area contributed by atoms with Crippen molar-refractivity contribution >= 4 is 23.7 Å². The minimum absolute atomic E-state index is 0.139. The van der Waals surface area contributed by atoms with E-state index in [2.05, 4.69) is 10.5 Å². The zero-order valence-corrected chi connectivity index (χ0v) is 12.7. The first-order valence-corrected chi connectivity index (χ1v) is 7.18. The number of carbonyl (C=O) groups excluding carboxylic acids is 1. The van der Waals surface area contributed by atoms with Crippen LogP contribution in [0.4, 0.5) is 0 Å². The molecule has 0 fully saturated rings. The number of rotatable bonds is 5. The molecule has 0 radical (unpaired) electrons. The number of hydrogen-bond donors (Lipinski definition) is 1. The van der Waals surface area contributed by atoms with Gasteiger partial charge in [0, 0.05) is 5.02 Å². The summed E-state index contributed by atoms with van der Waals surface area (Å²) in [5.41, 5.74) is 3.17. The van der Waals surface area contributed by atoms with Crippen LogP contribution in [0.1, 0.15) is 5.56 Å². The lowest BCUT2D eigenvalue weighted by atomic mass is 10.2. The molecule has 23 heavy (non-hydrogen) atoms. The van der Waals surface area contributed by atoms with E-state index in [4.69, 9.17) is 25.8 Å². The predicted molar refractivity (Wildman–Crippen MR) is 85.2 cm³/mol. The molecular weight excluding hydrogens is 320 g/mol. The summed E-state index contributed by atoms with van der Waals surface area (Å²) in [6, 6.07) is 12.1. The average molecular weight is 333 g/mol. The Kier molecular flexibility index (Phi) is 4.63. The highest BCUT2D eigenvalue weighted by Crippen LogP contribution is 2.31. The maximum Gasteiger partial charge on any atom is 0.277 e. The smallest absolute Gasteiger partial charge is 0.277 e. The largest absolute Gasteiger partial charge is 0.484 e. The molecule has 2 aromatic carbocycles. The van der Waals surface area contributed by atoms with Crippen LogP contribution in [0.25, 0.3) is 0 Å². The van der Waals surface area contributed by atoms with E-state index in [0.717, 1.165) is 5.56 Å². The number of hydrogen-bond acceptors (Lipinski definition) is 5. The van der Waals surface area contributed by atoms with Crippen LogP contribution in [0, 0.1) is 0 Å². The Bertz CT molecular complexity index is 731. The second kappa shape index (κ2) is 7.02. The van der Waals surface area contributed by atoms with Crippen molar-refractivity contribution in [2.24, 2.45) is 5.10 Å². The van der Waals surface area contributed by atoms with Crippen LogP contribution in [0.3, 0.4) is 0 Å². The summed E-state index contributed by atoms with van der Waals surface area (Å²) >= 11 is 5.77. The third-order valence-electron chi connectivity index (χ3n) is 2.98. The molecule has 0 atom stereocenters. The second-order valence-corrected chi connectivity index (χ2v) is 5.08. The van der Waals surface area contributed by atoms with Crippen molar-refractivity contribution in [2.45, 2.75) is 0 Å². The highest BCUT2D eigenvalue weighted by molar-refractivity contribution is 6.30. The second-order valence-electron chi connectivity index (χ2n) is 4.65. The van der Waals surface area contributed by atoms with Crippen molar-refractivity contribution in [3.63, 3.8) is 0 Å². The van der Waals surface area contributed by atoms with Gasteiger partial charge in [-0.05, 0) is 48.0 Å². The normalized spacial score (nSPS) is 12.4. The lowest BCUT2D eigenvalue weighted by Crippen LogP contribution is -2.24. The third-order valence-corrected chi connectivity index (χ3v) is 3.24. The van der Waals surface area contributed by atoms with Crippen molar-refractivity contribution in [1.29, 1.82) is 0 Å². The van der Waals surface area contributed by atoms with E-state index >= 15 is 0 Å². The Morgan fingerprint density at radius 3 is 2.83 bits per heavy atom. The van der Waals surface area contributed by atoms with Crippen LogP contribution >= 0.6 is 11.6 Å². The van der Waals surface area contributed by atoms with Crippen LogP contribution in [0.5, 0.6) is 17.2 Å². The molecule has 118 valence electrons.